The largest absolute Gasteiger partial charge is 0.496 e. The van der Waals surface area contributed by atoms with Crippen LogP contribution in [-0.4, -0.2) is 7.11 Å². The van der Waals surface area contributed by atoms with Crippen LogP contribution in [-0.2, 0) is 0 Å². The Hall–Kier alpha value is 0.1000. The zero-order valence-corrected chi connectivity index (χ0v) is 8.52. The third-order valence-corrected chi connectivity index (χ3v) is 3.07. The molecule has 0 aliphatic carbocycles. The van der Waals surface area contributed by atoms with Crippen LogP contribution >= 0.6 is 35.2 Å². The van der Waals surface area contributed by atoms with Crippen molar-refractivity contribution in [2.45, 2.75) is 4.90 Å². The summed E-state index contributed by atoms with van der Waals surface area (Å²) in [6, 6.07) is 5.78. The summed E-state index contributed by atoms with van der Waals surface area (Å²) in [5, 5.41) is 0. The van der Waals surface area contributed by atoms with Gasteiger partial charge >= 0.3 is 0 Å². The smallest absolute Gasteiger partial charge is 0.133 e. The van der Waals surface area contributed by atoms with E-state index in [0.29, 0.717) is 0 Å². The van der Waals surface area contributed by atoms with Gasteiger partial charge in [0.2, 0.25) is 0 Å². The van der Waals surface area contributed by atoms with Crippen LogP contribution in [0.15, 0.2) is 23.1 Å². The first-order valence-corrected chi connectivity index (χ1v) is 4.29. The molecule has 0 bridgehead atoms. The number of methoxy groups -OCH3 is 1. The molecule has 0 amide bonds. The molecule has 0 aliphatic heterocycles. The molecule has 10 heavy (non-hydrogen) atoms. The SMILES string of the molecule is COc1cccc(S)c1I. The van der Waals surface area contributed by atoms with Crippen molar-refractivity contribution in [2.75, 3.05) is 7.11 Å². The lowest BCUT2D eigenvalue weighted by Gasteiger charge is -2.03. The molecule has 1 aromatic rings. The molecule has 0 unspecified atom stereocenters. The van der Waals surface area contributed by atoms with Crippen LogP contribution in [0.4, 0.5) is 0 Å². The Bertz CT molecular complexity index is 237. The van der Waals surface area contributed by atoms with Gasteiger partial charge in [-0.15, -0.1) is 12.6 Å². The molecular formula is C7H7IOS. The van der Waals surface area contributed by atoms with Crippen molar-refractivity contribution in [3.8, 4) is 5.75 Å². The van der Waals surface area contributed by atoms with Crippen molar-refractivity contribution in [3.63, 3.8) is 0 Å². The van der Waals surface area contributed by atoms with Gasteiger partial charge in [-0.1, -0.05) is 6.07 Å². The molecule has 0 aromatic heterocycles. The molecular weight excluding hydrogens is 259 g/mol. The first-order chi connectivity index (χ1) is 4.75. The van der Waals surface area contributed by atoms with Crippen LogP contribution in [0.3, 0.4) is 0 Å². The van der Waals surface area contributed by atoms with Crippen molar-refractivity contribution in [2.24, 2.45) is 0 Å². The van der Waals surface area contributed by atoms with Gasteiger partial charge in [-0.2, -0.15) is 0 Å². The summed E-state index contributed by atoms with van der Waals surface area (Å²) < 4.78 is 6.13. The predicted molar refractivity (Wildman–Crippen MR) is 53.0 cm³/mol. The van der Waals surface area contributed by atoms with Gasteiger partial charge in [-0.05, 0) is 34.7 Å². The normalized spacial score (nSPS) is 9.50. The number of rotatable bonds is 1. The minimum Gasteiger partial charge on any atom is -0.496 e. The van der Waals surface area contributed by atoms with Crippen LogP contribution in [0, 0.1) is 3.57 Å². The molecule has 0 N–H and O–H groups in total. The Morgan fingerprint density at radius 2 is 2.20 bits per heavy atom. The number of thiol groups is 1. The fourth-order valence-corrected chi connectivity index (χ4v) is 1.43. The maximum absolute atomic E-state index is 5.07. The molecule has 0 radical (unpaired) electrons. The van der Waals surface area contributed by atoms with Crippen LogP contribution < -0.4 is 4.74 Å². The monoisotopic (exact) mass is 266 g/mol. The summed E-state index contributed by atoms with van der Waals surface area (Å²) in [5.74, 6) is 0.883. The highest BCUT2D eigenvalue weighted by Crippen LogP contribution is 2.25. The van der Waals surface area contributed by atoms with Crippen LogP contribution in [0.25, 0.3) is 0 Å². The zero-order chi connectivity index (χ0) is 7.56. The van der Waals surface area contributed by atoms with E-state index < -0.39 is 0 Å². The van der Waals surface area contributed by atoms with Gasteiger partial charge in [0.1, 0.15) is 5.75 Å². The van der Waals surface area contributed by atoms with Gasteiger partial charge in [0.05, 0.1) is 10.7 Å². The van der Waals surface area contributed by atoms with Crippen LogP contribution in [0.2, 0.25) is 0 Å². The third kappa shape index (κ3) is 1.58. The highest BCUT2D eigenvalue weighted by Gasteiger charge is 2.00. The van der Waals surface area contributed by atoms with Crippen LogP contribution in [0.1, 0.15) is 0 Å². The van der Waals surface area contributed by atoms with E-state index in [4.69, 9.17) is 4.74 Å². The fraction of sp³-hybridized carbons (Fsp3) is 0.143. The summed E-state index contributed by atoms with van der Waals surface area (Å²) in [6.07, 6.45) is 0. The highest BCUT2D eigenvalue weighted by molar-refractivity contribution is 14.1. The lowest BCUT2D eigenvalue weighted by atomic mass is 10.3. The lowest BCUT2D eigenvalue weighted by Crippen LogP contribution is -1.86. The second-order valence-electron chi connectivity index (χ2n) is 1.79. The van der Waals surface area contributed by atoms with E-state index >= 15 is 0 Å². The Balaban J connectivity index is 3.14. The van der Waals surface area contributed by atoms with E-state index in [1.807, 2.05) is 18.2 Å². The second-order valence-corrected chi connectivity index (χ2v) is 3.35. The summed E-state index contributed by atoms with van der Waals surface area (Å²) in [6.45, 7) is 0. The molecule has 1 nitrogen and oxygen atoms in total. The van der Waals surface area contributed by atoms with E-state index in [0.717, 1.165) is 14.2 Å². The number of hydrogen-bond acceptors (Lipinski definition) is 2. The summed E-state index contributed by atoms with van der Waals surface area (Å²) in [4.78, 5) is 0.958. The zero-order valence-electron chi connectivity index (χ0n) is 5.47. The summed E-state index contributed by atoms with van der Waals surface area (Å²) >= 11 is 6.44. The van der Waals surface area contributed by atoms with Crippen molar-refractivity contribution in [1.82, 2.24) is 0 Å². The molecule has 0 saturated carbocycles. The Kier molecular flexibility index (Phi) is 2.85. The van der Waals surface area contributed by atoms with Gasteiger partial charge in [-0.25, -0.2) is 0 Å². The Morgan fingerprint density at radius 3 is 2.70 bits per heavy atom. The van der Waals surface area contributed by atoms with Gasteiger partial charge in [-0.3, -0.25) is 0 Å². The molecule has 0 atom stereocenters. The first kappa shape index (κ1) is 8.20. The standard InChI is InChI=1S/C7H7IOS/c1-9-5-3-2-4-6(10)7(5)8/h2-4,10H,1H3. The topological polar surface area (TPSA) is 9.23 Å². The molecule has 1 rings (SSSR count). The predicted octanol–water partition coefficient (Wildman–Crippen LogP) is 2.59. The van der Waals surface area contributed by atoms with Crippen molar-refractivity contribution in [3.05, 3.63) is 21.8 Å². The molecule has 0 fully saturated rings. The van der Waals surface area contributed by atoms with E-state index in [-0.39, 0.29) is 0 Å². The maximum atomic E-state index is 5.07. The minimum atomic E-state index is 0.883. The van der Waals surface area contributed by atoms with Crippen LogP contribution in [0.5, 0.6) is 5.75 Å². The lowest BCUT2D eigenvalue weighted by molar-refractivity contribution is 0.410. The van der Waals surface area contributed by atoms with Gasteiger partial charge in [0.15, 0.2) is 0 Å². The molecule has 0 heterocycles. The summed E-state index contributed by atoms with van der Waals surface area (Å²) in [5.41, 5.74) is 0. The van der Waals surface area contributed by atoms with E-state index in [2.05, 4.69) is 35.2 Å². The summed E-state index contributed by atoms with van der Waals surface area (Å²) in [7, 11) is 1.66. The molecule has 3 heteroatoms. The molecule has 1 aromatic carbocycles. The average molecular weight is 266 g/mol. The van der Waals surface area contributed by atoms with Gasteiger partial charge in [0, 0.05) is 4.90 Å². The maximum Gasteiger partial charge on any atom is 0.133 e. The number of hydrogen-bond donors (Lipinski definition) is 1. The minimum absolute atomic E-state index is 0.883. The third-order valence-electron chi connectivity index (χ3n) is 1.16. The number of halogens is 1. The van der Waals surface area contributed by atoms with Crippen molar-refractivity contribution in [1.29, 1.82) is 0 Å². The molecule has 0 spiro atoms. The van der Waals surface area contributed by atoms with Crippen molar-refractivity contribution >= 4 is 35.2 Å². The quantitative estimate of drug-likeness (QED) is 0.607. The molecule has 0 saturated heterocycles. The Morgan fingerprint density at radius 1 is 1.50 bits per heavy atom. The molecule has 54 valence electrons. The van der Waals surface area contributed by atoms with Gasteiger partial charge in [0.25, 0.3) is 0 Å². The fourth-order valence-electron chi connectivity index (χ4n) is 0.657. The highest BCUT2D eigenvalue weighted by atomic mass is 127. The number of ether oxygens (including phenoxy) is 1. The van der Waals surface area contributed by atoms with Crippen molar-refractivity contribution < 1.29 is 4.74 Å². The second kappa shape index (κ2) is 3.48. The molecule has 0 aliphatic rings. The van der Waals surface area contributed by atoms with E-state index in [1.165, 1.54) is 0 Å². The van der Waals surface area contributed by atoms with E-state index in [9.17, 15) is 0 Å². The number of benzene rings is 1. The van der Waals surface area contributed by atoms with Gasteiger partial charge < -0.3 is 4.74 Å². The first-order valence-electron chi connectivity index (χ1n) is 2.77. The van der Waals surface area contributed by atoms with E-state index in [1.54, 1.807) is 7.11 Å². The average Bonchev–Trinajstić information content (AvgIpc) is 1.95. The Labute approximate surface area is 79.3 Å².